The zero-order valence-electron chi connectivity index (χ0n) is 17.2. The standard InChI is InChI=1S/C22H30N2O3S/c1-5-12-23-21(25)16-24(13-11-20-9-7-6-8-10-20)28(26,27)22-18(3)14-17(2)15-19(22)4/h6-10,14-15H,5,11-13,16H2,1-4H3,(H,23,25). The normalized spacial score (nSPS) is 11.6. The zero-order chi connectivity index (χ0) is 20.7. The van der Waals surface area contributed by atoms with Crippen molar-refractivity contribution in [2.45, 2.75) is 45.4 Å². The largest absolute Gasteiger partial charge is 0.355 e. The molecular weight excluding hydrogens is 372 g/mol. The van der Waals surface area contributed by atoms with Crippen molar-refractivity contribution in [2.24, 2.45) is 0 Å². The molecule has 2 aromatic rings. The number of nitrogens with one attached hydrogen (secondary N) is 1. The van der Waals surface area contributed by atoms with Crippen molar-refractivity contribution in [2.75, 3.05) is 19.6 Å². The van der Waals surface area contributed by atoms with Crippen LogP contribution in [0, 0.1) is 20.8 Å². The van der Waals surface area contributed by atoms with E-state index in [2.05, 4.69) is 5.32 Å². The van der Waals surface area contributed by atoms with E-state index in [9.17, 15) is 13.2 Å². The Labute approximate surface area is 168 Å². The van der Waals surface area contributed by atoms with Crippen LogP contribution in [-0.2, 0) is 21.2 Å². The fourth-order valence-electron chi connectivity index (χ4n) is 3.37. The third-order valence-electron chi connectivity index (χ3n) is 4.59. The lowest BCUT2D eigenvalue weighted by Gasteiger charge is -2.24. The van der Waals surface area contributed by atoms with E-state index in [-0.39, 0.29) is 19.0 Å². The number of carbonyl (C=O) groups excluding carboxylic acids is 1. The summed E-state index contributed by atoms with van der Waals surface area (Å²) in [5.41, 5.74) is 3.46. The van der Waals surface area contributed by atoms with Gasteiger partial charge in [-0.3, -0.25) is 4.79 Å². The van der Waals surface area contributed by atoms with Crippen molar-refractivity contribution < 1.29 is 13.2 Å². The van der Waals surface area contributed by atoms with Gasteiger partial charge in [-0.25, -0.2) is 8.42 Å². The van der Waals surface area contributed by atoms with E-state index in [4.69, 9.17) is 0 Å². The number of nitrogens with zero attached hydrogens (tertiary/aromatic N) is 1. The maximum absolute atomic E-state index is 13.5. The summed E-state index contributed by atoms with van der Waals surface area (Å²) in [5, 5.41) is 2.78. The molecule has 0 radical (unpaired) electrons. The van der Waals surface area contributed by atoms with Gasteiger partial charge < -0.3 is 5.32 Å². The average Bonchev–Trinajstić information content (AvgIpc) is 2.63. The van der Waals surface area contributed by atoms with E-state index in [0.717, 1.165) is 17.5 Å². The molecule has 0 unspecified atom stereocenters. The fraction of sp³-hybridized carbons (Fsp3) is 0.409. The van der Waals surface area contributed by atoms with Gasteiger partial charge in [-0.2, -0.15) is 4.31 Å². The summed E-state index contributed by atoms with van der Waals surface area (Å²) in [7, 11) is -3.80. The monoisotopic (exact) mass is 402 g/mol. The minimum absolute atomic E-state index is 0.179. The molecule has 0 aliphatic carbocycles. The summed E-state index contributed by atoms with van der Waals surface area (Å²) in [6.45, 7) is 8.12. The summed E-state index contributed by atoms with van der Waals surface area (Å²) in [4.78, 5) is 12.6. The molecule has 0 fully saturated rings. The van der Waals surface area contributed by atoms with Crippen LogP contribution in [0.3, 0.4) is 0 Å². The molecule has 5 nitrogen and oxygen atoms in total. The first-order valence-electron chi connectivity index (χ1n) is 9.64. The molecule has 0 aromatic heterocycles. The van der Waals surface area contributed by atoms with Gasteiger partial charge in [0.15, 0.2) is 0 Å². The molecule has 0 heterocycles. The molecule has 2 aromatic carbocycles. The Kier molecular flexibility index (Phi) is 7.78. The van der Waals surface area contributed by atoms with Gasteiger partial charge >= 0.3 is 0 Å². The lowest BCUT2D eigenvalue weighted by atomic mass is 10.1. The van der Waals surface area contributed by atoms with Gasteiger partial charge in [0.25, 0.3) is 0 Å². The number of hydrogen-bond donors (Lipinski definition) is 1. The Morgan fingerprint density at radius 1 is 1.04 bits per heavy atom. The second-order valence-electron chi connectivity index (χ2n) is 7.15. The maximum Gasteiger partial charge on any atom is 0.244 e. The fourth-order valence-corrected chi connectivity index (χ4v) is 5.17. The predicted molar refractivity (Wildman–Crippen MR) is 113 cm³/mol. The van der Waals surface area contributed by atoms with Crippen molar-refractivity contribution in [1.29, 1.82) is 0 Å². The van der Waals surface area contributed by atoms with Crippen molar-refractivity contribution in [1.82, 2.24) is 9.62 Å². The number of hydrogen-bond acceptors (Lipinski definition) is 3. The van der Waals surface area contributed by atoms with Crippen LogP contribution in [0.2, 0.25) is 0 Å². The first kappa shape index (κ1) is 22.1. The van der Waals surface area contributed by atoms with Gasteiger partial charge in [0.05, 0.1) is 11.4 Å². The Hall–Kier alpha value is -2.18. The number of benzene rings is 2. The molecule has 6 heteroatoms. The molecule has 0 spiro atoms. The minimum atomic E-state index is -3.80. The molecule has 2 rings (SSSR count). The predicted octanol–water partition coefficient (Wildman–Crippen LogP) is 3.37. The van der Waals surface area contributed by atoms with E-state index in [1.807, 2.05) is 56.3 Å². The van der Waals surface area contributed by atoms with Gasteiger partial charge in [0.1, 0.15) is 0 Å². The molecule has 28 heavy (non-hydrogen) atoms. The Bertz CT molecular complexity index is 886. The third kappa shape index (κ3) is 5.66. The number of sulfonamides is 1. The molecule has 0 aliphatic rings. The zero-order valence-corrected chi connectivity index (χ0v) is 18.0. The molecule has 152 valence electrons. The highest BCUT2D eigenvalue weighted by Gasteiger charge is 2.29. The van der Waals surface area contributed by atoms with E-state index in [1.165, 1.54) is 4.31 Å². The van der Waals surface area contributed by atoms with Crippen LogP contribution in [0.4, 0.5) is 0 Å². The molecule has 0 atom stereocenters. The van der Waals surface area contributed by atoms with E-state index in [1.54, 1.807) is 13.8 Å². The smallest absolute Gasteiger partial charge is 0.244 e. The van der Waals surface area contributed by atoms with Crippen LogP contribution in [0.1, 0.15) is 35.6 Å². The first-order valence-corrected chi connectivity index (χ1v) is 11.1. The molecule has 1 N–H and O–H groups in total. The van der Waals surface area contributed by atoms with Gasteiger partial charge in [-0.05, 0) is 50.3 Å². The lowest BCUT2D eigenvalue weighted by Crippen LogP contribution is -2.42. The Balaban J connectivity index is 2.34. The highest BCUT2D eigenvalue weighted by Crippen LogP contribution is 2.25. The summed E-state index contributed by atoms with van der Waals surface area (Å²) in [6.07, 6.45) is 1.35. The molecule has 0 aliphatic heterocycles. The second kappa shape index (κ2) is 9.85. The maximum atomic E-state index is 13.5. The van der Waals surface area contributed by atoms with Crippen molar-refractivity contribution in [3.05, 3.63) is 64.7 Å². The second-order valence-corrected chi connectivity index (χ2v) is 9.03. The summed E-state index contributed by atoms with van der Waals surface area (Å²) < 4.78 is 28.2. The number of carbonyl (C=O) groups is 1. The van der Waals surface area contributed by atoms with Crippen molar-refractivity contribution in [3.63, 3.8) is 0 Å². The molecular formula is C22H30N2O3S. The minimum Gasteiger partial charge on any atom is -0.355 e. The summed E-state index contributed by atoms with van der Waals surface area (Å²) >= 11 is 0. The van der Waals surface area contributed by atoms with Crippen LogP contribution < -0.4 is 5.32 Å². The Morgan fingerprint density at radius 3 is 2.21 bits per heavy atom. The number of aryl methyl sites for hydroxylation is 3. The van der Waals surface area contributed by atoms with Crippen LogP contribution in [0.15, 0.2) is 47.4 Å². The highest BCUT2D eigenvalue weighted by molar-refractivity contribution is 7.89. The lowest BCUT2D eigenvalue weighted by molar-refractivity contribution is -0.121. The molecule has 0 saturated carbocycles. The highest BCUT2D eigenvalue weighted by atomic mass is 32.2. The van der Waals surface area contributed by atoms with Crippen LogP contribution in [-0.4, -0.2) is 38.3 Å². The van der Waals surface area contributed by atoms with Crippen molar-refractivity contribution in [3.8, 4) is 0 Å². The van der Waals surface area contributed by atoms with Gasteiger partial charge in [-0.15, -0.1) is 0 Å². The SMILES string of the molecule is CCCNC(=O)CN(CCc1ccccc1)S(=O)(=O)c1c(C)cc(C)cc1C. The average molecular weight is 403 g/mol. The first-order chi connectivity index (χ1) is 13.3. The Morgan fingerprint density at radius 2 is 1.64 bits per heavy atom. The molecule has 0 bridgehead atoms. The summed E-state index contributed by atoms with van der Waals surface area (Å²) in [5.74, 6) is -0.277. The van der Waals surface area contributed by atoms with Crippen LogP contribution >= 0.6 is 0 Å². The number of rotatable bonds is 9. The molecule has 0 saturated heterocycles. The van der Waals surface area contributed by atoms with Crippen LogP contribution in [0.5, 0.6) is 0 Å². The van der Waals surface area contributed by atoms with Gasteiger partial charge in [0, 0.05) is 13.1 Å². The van der Waals surface area contributed by atoms with Crippen molar-refractivity contribution >= 4 is 15.9 Å². The topological polar surface area (TPSA) is 66.5 Å². The van der Waals surface area contributed by atoms with Gasteiger partial charge in [-0.1, -0.05) is 55.0 Å². The number of amides is 1. The van der Waals surface area contributed by atoms with Gasteiger partial charge in [0.2, 0.25) is 15.9 Å². The molecule has 1 amide bonds. The summed E-state index contributed by atoms with van der Waals surface area (Å²) in [6, 6.07) is 13.4. The van der Waals surface area contributed by atoms with E-state index < -0.39 is 10.0 Å². The van der Waals surface area contributed by atoms with Crippen LogP contribution in [0.25, 0.3) is 0 Å². The third-order valence-corrected chi connectivity index (χ3v) is 6.74. The van der Waals surface area contributed by atoms with E-state index >= 15 is 0 Å². The quantitative estimate of drug-likeness (QED) is 0.699. The van der Waals surface area contributed by atoms with E-state index in [0.29, 0.717) is 29.0 Å².